The lowest BCUT2D eigenvalue weighted by molar-refractivity contribution is -0.114. The van der Waals surface area contributed by atoms with Crippen LogP contribution in [-0.4, -0.2) is 34.1 Å². The predicted octanol–water partition coefficient (Wildman–Crippen LogP) is 5.73. The molecule has 0 saturated carbocycles. The molecule has 0 fully saturated rings. The SMILES string of the molecule is COc1cc(/C=C2/C(=N)N3N=C(c4ccccc4Cl)SC3=NC2=O)ccc1OCc1ccccc1F. The van der Waals surface area contributed by atoms with Crippen molar-refractivity contribution in [2.45, 2.75) is 6.61 Å². The van der Waals surface area contributed by atoms with Crippen LogP contribution in [0.5, 0.6) is 11.5 Å². The highest BCUT2D eigenvalue weighted by Gasteiger charge is 2.36. The van der Waals surface area contributed by atoms with Crippen LogP contribution in [0.4, 0.5) is 4.39 Å². The molecule has 3 aromatic carbocycles. The Morgan fingerprint density at radius 2 is 1.89 bits per heavy atom. The molecule has 36 heavy (non-hydrogen) atoms. The van der Waals surface area contributed by atoms with Gasteiger partial charge in [-0.1, -0.05) is 54.1 Å². The molecule has 0 bridgehead atoms. The number of amides is 1. The van der Waals surface area contributed by atoms with Crippen LogP contribution in [0, 0.1) is 11.2 Å². The Morgan fingerprint density at radius 1 is 1.11 bits per heavy atom. The summed E-state index contributed by atoms with van der Waals surface area (Å²) in [5.41, 5.74) is 1.79. The number of carbonyl (C=O) groups is 1. The second-order valence-electron chi connectivity index (χ2n) is 7.70. The monoisotopic (exact) mass is 520 g/mol. The summed E-state index contributed by atoms with van der Waals surface area (Å²) in [6.07, 6.45) is 1.54. The minimum absolute atomic E-state index is 0.0302. The molecule has 0 saturated heterocycles. The normalized spacial score (nSPS) is 16.1. The van der Waals surface area contributed by atoms with Gasteiger partial charge in [0.25, 0.3) is 5.91 Å². The lowest BCUT2D eigenvalue weighted by Crippen LogP contribution is -2.35. The summed E-state index contributed by atoms with van der Waals surface area (Å²) in [7, 11) is 1.49. The number of halogens is 2. The van der Waals surface area contributed by atoms with E-state index < -0.39 is 5.91 Å². The number of benzene rings is 3. The number of fused-ring (bicyclic) bond motifs is 1. The molecular weight excluding hydrogens is 503 g/mol. The number of carbonyl (C=O) groups excluding carboxylic acids is 1. The zero-order chi connectivity index (χ0) is 25.2. The highest BCUT2D eigenvalue weighted by atomic mass is 35.5. The molecule has 0 atom stereocenters. The molecule has 2 aliphatic heterocycles. The summed E-state index contributed by atoms with van der Waals surface area (Å²) in [5.74, 6) is -0.187. The van der Waals surface area contributed by atoms with E-state index in [1.807, 2.05) is 18.2 Å². The summed E-state index contributed by atoms with van der Waals surface area (Å²) in [5, 5.41) is 15.7. The van der Waals surface area contributed by atoms with Crippen molar-refractivity contribution in [2.24, 2.45) is 10.1 Å². The maximum absolute atomic E-state index is 13.9. The molecule has 0 radical (unpaired) electrons. The number of amidine groups is 2. The van der Waals surface area contributed by atoms with E-state index in [1.165, 1.54) is 29.9 Å². The summed E-state index contributed by atoms with van der Waals surface area (Å²) in [6, 6.07) is 18.6. The maximum atomic E-state index is 13.9. The summed E-state index contributed by atoms with van der Waals surface area (Å²) < 4.78 is 25.1. The Bertz CT molecular complexity index is 1490. The van der Waals surface area contributed by atoms with E-state index in [2.05, 4.69) is 10.1 Å². The van der Waals surface area contributed by atoms with E-state index in [1.54, 1.807) is 48.5 Å². The molecule has 180 valence electrons. The number of nitrogens with one attached hydrogen (secondary N) is 1. The van der Waals surface area contributed by atoms with Crippen LogP contribution >= 0.6 is 23.4 Å². The fourth-order valence-corrected chi connectivity index (χ4v) is 4.78. The minimum atomic E-state index is -0.548. The molecule has 0 spiro atoms. The van der Waals surface area contributed by atoms with Gasteiger partial charge < -0.3 is 9.47 Å². The van der Waals surface area contributed by atoms with E-state index in [0.29, 0.717) is 43.4 Å². The molecule has 2 heterocycles. The number of methoxy groups -OCH3 is 1. The third kappa shape index (κ3) is 4.62. The minimum Gasteiger partial charge on any atom is -0.493 e. The zero-order valence-corrected chi connectivity index (χ0v) is 20.4. The third-order valence-electron chi connectivity index (χ3n) is 5.40. The zero-order valence-electron chi connectivity index (χ0n) is 18.9. The summed E-state index contributed by atoms with van der Waals surface area (Å²) in [6.45, 7) is 0.0302. The van der Waals surface area contributed by atoms with Gasteiger partial charge in [0.1, 0.15) is 17.5 Å². The van der Waals surface area contributed by atoms with Gasteiger partial charge >= 0.3 is 0 Å². The second kappa shape index (κ2) is 9.96. The van der Waals surface area contributed by atoms with E-state index in [0.717, 1.165) is 0 Å². The van der Waals surface area contributed by atoms with Gasteiger partial charge in [0.2, 0.25) is 5.17 Å². The number of hydrogen-bond donors (Lipinski definition) is 1. The molecule has 0 unspecified atom stereocenters. The van der Waals surface area contributed by atoms with Gasteiger partial charge in [-0.15, -0.1) is 0 Å². The Labute approximate surface area is 215 Å². The number of nitrogens with zero attached hydrogens (tertiary/aromatic N) is 3. The number of hydrogen-bond acceptors (Lipinski definition) is 6. The smallest absolute Gasteiger partial charge is 0.283 e. The third-order valence-corrected chi connectivity index (χ3v) is 6.67. The highest BCUT2D eigenvalue weighted by Crippen LogP contribution is 2.34. The van der Waals surface area contributed by atoms with Crippen molar-refractivity contribution in [3.63, 3.8) is 0 Å². The predicted molar refractivity (Wildman–Crippen MR) is 139 cm³/mol. The molecule has 3 aromatic rings. The quantitative estimate of drug-likeness (QED) is 0.419. The van der Waals surface area contributed by atoms with Crippen molar-refractivity contribution >= 4 is 51.4 Å². The Morgan fingerprint density at radius 3 is 2.67 bits per heavy atom. The largest absolute Gasteiger partial charge is 0.493 e. The van der Waals surface area contributed by atoms with Crippen LogP contribution in [0.2, 0.25) is 5.02 Å². The number of ether oxygens (including phenoxy) is 2. The molecule has 2 aliphatic rings. The van der Waals surface area contributed by atoms with Gasteiger partial charge in [0.15, 0.2) is 17.3 Å². The van der Waals surface area contributed by atoms with Crippen molar-refractivity contribution < 1.29 is 18.7 Å². The van der Waals surface area contributed by atoms with Crippen LogP contribution in [0.15, 0.2) is 82.4 Å². The molecule has 1 N–H and O–H groups in total. The first-order chi connectivity index (χ1) is 17.4. The standard InChI is InChI=1S/C26H18ClFN4O3S/c1-34-22-13-15(10-11-21(22)35-14-16-6-2-5-9-20(16)28)12-18-23(29)32-26(30-24(18)33)36-25(31-32)17-7-3-4-8-19(17)27/h2-13,29H,14H2,1H3/b18-12-,29-23?. The van der Waals surface area contributed by atoms with Crippen LogP contribution < -0.4 is 9.47 Å². The molecule has 7 nitrogen and oxygen atoms in total. The first kappa shape index (κ1) is 23.8. The van der Waals surface area contributed by atoms with Crippen LogP contribution in [0.1, 0.15) is 16.7 Å². The van der Waals surface area contributed by atoms with E-state index in [9.17, 15) is 9.18 Å². The molecule has 0 aromatic heterocycles. The molecular formula is C26H18ClFN4O3S. The average Bonchev–Trinajstić information content (AvgIpc) is 3.30. The Hall–Kier alpha value is -3.95. The Kier molecular flexibility index (Phi) is 6.58. The van der Waals surface area contributed by atoms with Crippen molar-refractivity contribution in [3.8, 4) is 11.5 Å². The maximum Gasteiger partial charge on any atom is 0.283 e. The van der Waals surface area contributed by atoms with E-state index >= 15 is 0 Å². The number of aliphatic imine (C=N–C) groups is 1. The summed E-state index contributed by atoms with van der Waals surface area (Å²) >= 11 is 7.46. The number of thioether (sulfide) groups is 1. The van der Waals surface area contributed by atoms with Gasteiger partial charge in [0, 0.05) is 11.1 Å². The lowest BCUT2D eigenvalue weighted by atomic mass is 10.1. The Balaban J connectivity index is 1.39. The van der Waals surface area contributed by atoms with Crippen molar-refractivity contribution in [3.05, 3.63) is 99.8 Å². The van der Waals surface area contributed by atoms with Crippen LogP contribution in [-0.2, 0) is 11.4 Å². The van der Waals surface area contributed by atoms with Crippen molar-refractivity contribution in [2.75, 3.05) is 7.11 Å². The molecule has 1 amide bonds. The highest BCUT2D eigenvalue weighted by molar-refractivity contribution is 8.27. The molecule has 10 heteroatoms. The van der Waals surface area contributed by atoms with Crippen LogP contribution in [0.3, 0.4) is 0 Å². The fraction of sp³-hybridized carbons (Fsp3) is 0.0769. The van der Waals surface area contributed by atoms with E-state index in [4.69, 9.17) is 26.5 Å². The van der Waals surface area contributed by atoms with Crippen LogP contribution in [0.25, 0.3) is 6.08 Å². The van der Waals surface area contributed by atoms with Gasteiger partial charge in [-0.05, 0) is 47.7 Å². The number of rotatable bonds is 6. The fourth-order valence-electron chi connectivity index (χ4n) is 3.57. The lowest BCUT2D eigenvalue weighted by Gasteiger charge is -2.20. The van der Waals surface area contributed by atoms with Crippen molar-refractivity contribution in [1.82, 2.24) is 5.01 Å². The second-order valence-corrected chi connectivity index (χ2v) is 9.06. The summed E-state index contributed by atoms with van der Waals surface area (Å²) in [4.78, 5) is 16.9. The van der Waals surface area contributed by atoms with E-state index in [-0.39, 0.29) is 23.8 Å². The van der Waals surface area contributed by atoms with Gasteiger partial charge in [-0.2, -0.15) is 15.1 Å². The topological polar surface area (TPSA) is 87.3 Å². The molecule has 5 rings (SSSR count). The molecule has 0 aliphatic carbocycles. The first-order valence-corrected chi connectivity index (χ1v) is 11.9. The van der Waals surface area contributed by atoms with Crippen molar-refractivity contribution in [1.29, 1.82) is 5.41 Å². The average molecular weight is 521 g/mol. The van der Waals surface area contributed by atoms with Gasteiger partial charge in [-0.25, -0.2) is 4.39 Å². The number of hydrazone groups is 1. The van der Waals surface area contributed by atoms with Gasteiger partial charge in [0.05, 0.1) is 17.7 Å². The first-order valence-electron chi connectivity index (χ1n) is 10.7. The van der Waals surface area contributed by atoms with Gasteiger partial charge in [-0.3, -0.25) is 10.2 Å².